The lowest BCUT2D eigenvalue weighted by Crippen LogP contribution is -2.13. The Balaban J connectivity index is 1.82. The van der Waals surface area contributed by atoms with Gasteiger partial charge in [0, 0.05) is 41.0 Å². The highest BCUT2D eigenvalue weighted by molar-refractivity contribution is 6.05. The lowest BCUT2D eigenvalue weighted by molar-refractivity contribution is 0.363. The molecule has 0 aromatic carbocycles. The Kier molecular flexibility index (Phi) is 3.33. The Labute approximate surface area is 144 Å². The fourth-order valence-corrected chi connectivity index (χ4v) is 4.19. The number of nitrogens with one attached hydrogen (secondary N) is 1. The van der Waals surface area contributed by atoms with E-state index in [1.807, 2.05) is 18.5 Å². The van der Waals surface area contributed by atoms with Crippen LogP contribution in [0.25, 0.3) is 33.2 Å². The van der Waals surface area contributed by atoms with Gasteiger partial charge in [-0.15, -0.1) is 0 Å². The maximum atomic E-state index is 13.3. The van der Waals surface area contributed by atoms with Crippen LogP contribution in [0.4, 0.5) is 4.39 Å². The van der Waals surface area contributed by atoms with E-state index in [2.05, 4.69) is 31.7 Å². The second-order valence-corrected chi connectivity index (χ2v) is 6.86. The van der Waals surface area contributed by atoms with Gasteiger partial charge in [-0.2, -0.15) is 4.39 Å². The van der Waals surface area contributed by atoms with Gasteiger partial charge in [-0.1, -0.05) is 19.3 Å². The van der Waals surface area contributed by atoms with E-state index < -0.39 is 5.95 Å². The average molecular weight is 334 g/mol. The maximum Gasteiger partial charge on any atom is 0.212 e. The van der Waals surface area contributed by atoms with Crippen LogP contribution in [-0.4, -0.2) is 19.5 Å². The fraction of sp³-hybridized carbons (Fsp3) is 0.300. The lowest BCUT2D eigenvalue weighted by Gasteiger charge is -2.26. The highest BCUT2D eigenvalue weighted by Gasteiger charge is 2.23. The number of aromatic amines is 1. The molecule has 5 heteroatoms. The topological polar surface area (TPSA) is 46.5 Å². The third-order valence-corrected chi connectivity index (χ3v) is 5.34. The highest BCUT2D eigenvalue weighted by Crippen LogP contribution is 2.39. The smallest absolute Gasteiger partial charge is 0.212 e. The molecule has 1 fully saturated rings. The van der Waals surface area contributed by atoms with Gasteiger partial charge in [0.2, 0.25) is 5.95 Å². The molecular formula is C20H19FN4. The number of hydrogen-bond acceptors (Lipinski definition) is 2. The minimum absolute atomic E-state index is 0.446. The molecule has 0 amide bonds. The van der Waals surface area contributed by atoms with Gasteiger partial charge in [0.25, 0.3) is 0 Å². The van der Waals surface area contributed by atoms with Crippen molar-refractivity contribution >= 4 is 21.9 Å². The lowest BCUT2D eigenvalue weighted by atomic mass is 9.94. The molecule has 1 N–H and O–H groups in total. The van der Waals surface area contributed by atoms with Crippen LogP contribution in [0.3, 0.4) is 0 Å². The average Bonchev–Trinajstić information content (AvgIpc) is 3.27. The van der Waals surface area contributed by atoms with Crippen molar-refractivity contribution in [3.8, 4) is 11.3 Å². The van der Waals surface area contributed by atoms with Gasteiger partial charge in [0.15, 0.2) is 0 Å². The molecule has 1 saturated carbocycles. The van der Waals surface area contributed by atoms with Gasteiger partial charge in [-0.05, 0) is 37.1 Å². The van der Waals surface area contributed by atoms with Crippen LogP contribution in [-0.2, 0) is 0 Å². The summed E-state index contributed by atoms with van der Waals surface area (Å²) >= 11 is 0. The van der Waals surface area contributed by atoms with Crippen molar-refractivity contribution in [2.45, 2.75) is 38.1 Å². The first-order valence-electron chi connectivity index (χ1n) is 8.90. The van der Waals surface area contributed by atoms with E-state index in [4.69, 9.17) is 0 Å². The van der Waals surface area contributed by atoms with E-state index in [1.165, 1.54) is 43.7 Å². The van der Waals surface area contributed by atoms with Crippen LogP contribution >= 0.6 is 0 Å². The van der Waals surface area contributed by atoms with Crippen LogP contribution in [0.2, 0.25) is 0 Å². The van der Waals surface area contributed by atoms with Crippen molar-refractivity contribution in [3.05, 3.63) is 48.8 Å². The molecule has 1 aliphatic rings. The van der Waals surface area contributed by atoms with Gasteiger partial charge < -0.3 is 9.55 Å². The minimum Gasteiger partial charge on any atom is -0.346 e. The molecule has 4 heterocycles. The molecule has 0 bridgehead atoms. The van der Waals surface area contributed by atoms with E-state index in [1.54, 1.807) is 6.20 Å². The number of fused-ring (bicyclic) bond motifs is 3. The molecule has 0 radical (unpaired) electrons. The predicted octanol–water partition coefficient (Wildman–Crippen LogP) is 5.22. The number of rotatable bonds is 2. The second-order valence-electron chi connectivity index (χ2n) is 6.86. The van der Waals surface area contributed by atoms with Crippen LogP contribution in [0.1, 0.15) is 38.1 Å². The number of aromatic nitrogens is 4. The van der Waals surface area contributed by atoms with Crippen molar-refractivity contribution in [1.82, 2.24) is 19.5 Å². The largest absolute Gasteiger partial charge is 0.346 e. The Hall–Kier alpha value is -2.69. The Morgan fingerprint density at radius 3 is 2.72 bits per heavy atom. The third kappa shape index (κ3) is 2.34. The van der Waals surface area contributed by atoms with Crippen molar-refractivity contribution in [3.63, 3.8) is 0 Å². The van der Waals surface area contributed by atoms with Crippen molar-refractivity contribution < 1.29 is 4.39 Å². The summed E-state index contributed by atoms with van der Waals surface area (Å²) in [7, 11) is 0. The molecule has 0 atom stereocenters. The predicted molar refractivity (Wildman–Crippen MR) is 96.9 cm³/mol. The number of H-pyrrole nitrogens is 1. The molecular weight excluding hydrogens is 315 g/mol. The first kappa shape index (κ1) is 14.6. The zero-order valence-corrected chi connectivity index (χ0v) is 13.9. The normalized spacial score (nSPS) is 16.0. The summed E-state index contributed by atoms with van der Waals surface area (Å²) in [5, 5.41) is 2.27. The zero-order valence-electron chi connectivity index (χ0n) is 13.9. The molecule has 0 spiro atoms. The quantitative estimate of drug-likeness (QED) is 0.511. The van der Waals surface area contributed by atoms with E-state index in [-0.39, 0.29) is 0 Å². The van der Waals surface area contributed by atoms with Crippen LogP contribution in [0, 0.1) is 5.95 Å². The van der Waals surface area contributed by atoms with Gasteiger partial charge in [0.05, 0.1) is 11.2 Å². The second kappa shape index (κ2) is 5.69. The van der Waals surface area contributed by atoms with Crippen LogP contribution in [0.15, 0.2) is 42.9 Å². The summed E-state index contributed by atoms with van der Waals surface area (Å²) in [6, 6.07) is 7.97. The fourth-order valence-electron chi connectivity index (χ4n) is 4.19. The van der Waals surface area contributed by atoms with E-state index in [0.717, 1.165) is 27.7 Å². The van der Waals surface area contributed by atoms with Crippen LogP contribution in [0.5, 0.6) is 0 Å². The molecule has 0 saturated heterocycles. The summed E-state index contributed by atoms with van der Waals surface area (Å²) in [6.07, 6.45) is 11.7. The standard InChI is InChI=1S/C20H19FN4/c21-18-7-6-13(11-23-18)17-10-14-12-24-20-16(8-9-22-20)19(14)25(17)15-4-2-1-3-5-15/h6-12,15H,1-5H2,(H,22,24). The SMILES string of the molecule is Fc1ccc(-c2cc3cnc4[nH]ccc4c3n2C2CCCCC2)cn1. The van der Waals surface area contributed by atoms with E-state index in [9.17, 15) is 4.39 Å². The molecule has 25 heavy (non-hydrogen) atoms. The van der Waals surface area contributed by atoms with Crippen molar-refractivity contribution in [2.75, 3.05) is 0 Å². The van der Waals surface area contributed by atoms with Gasteiger partial charge in [0.1, 0.15) is 5.65 Å². The van der Waals surface area contributed by atoms with Crippen LogP contribution < -0.4 is 0 Å². The van der Waals surface area contributed by atoms with Crippen molar-refractivity contribution in [2.24, 2.45) is 0 Å². The summed E-state index contributed by atoms with van der Waals surface area (Å²) < 4.78 is 15.7. The molecule has 4 aromatic heterocycles. The molecule has 1 aliphatic carbocycles. The highest BCUT2D eigenvalue weighted by atomic mass is 19.1. The Morgan fingerprint density at radius 1 is 1.04 bits per heavy atom. The summed E-state index contributed by atoms with van der Waals surface area (Å²) in [5.41, 5.74) is 4.18. The summed E-state index contributed by atoms with van der Waals surface area (Å²) in [6.45, 7) is 0. The maximum absolute atomic E-state index is 13.3. The molecule has 5 rings (SSSR count). The molecule has 4 nitrogen and oxygen atoms in total. The monoisotopic (exact) mass is 334 g/mol. The Bertz CT molecular complexity index is 1040. The number of pyridine rings is 2. The van der Waals surface area contributed by atoms with Gasteiger partial charge in [-0.25, -0.2) is 9.97 Å². The molecule has 0 aliphatic heterocycles. The number of nitrogens with zero attached hydrogens (tertiary/aromatic N) is 3. The number of hydrogen-bond donors (Lipinski definition) is 1. The van der Waals surface area contributed by atoms with E-state index in [0.29, 0.717) is 6.04 Å². The summed E-state index contributed by atoms with van der Waals surface area (Å²) in [5.74, 6) is -0.446. The first-order valence-corrected chi connectivity index (χ1v) is 8.90. The number of halogens is 1. The first-order chi connectivity index (χ1) is 12.3. The molecule has 126 valence electrons. The minimum atomic E-state index is -0.446. The zero-order chi connectivity index (χ0) is 16.8. The van der Waals surface area contributed by atoms with Gasteiger partial charge in [-0.3, -0.25) is 0 Å². The van der Waals surface area contributed by atoms with Crippen molar-refractivity contribution in [1.29, 1.82) is 0 Å². The van der Waals surface area contributed by atoms with Gasteiger partial charge >= 0.3 is 0 Å². The molecule has 4 aromatic rings. The third-order valence-electron chi connectivity index (χ3n) is 5.34. The van der Waals surface area contributed by atoms with E-state index >= 15 is 0 Å². The molecule has 0 unspecified atom stereocenters. The summed E-state index contributed by atoms with van der Waals surface area (Å²) in [4.78, 5) is 11.6. The Morgan fingerprint density at radius 2 is 1.92 bits per heavy atom.